The van der Waals surface area contributed by atoms with Crippen LogP contribution in [0.25, 0.3) is 10.8 Å². The minimum atomic E-state index is -0.819. The predicted molar refractivity (Wildman–Crippen MR) is 90.6 cm³/mol. The minimum absolute atomic E-state index is 0.679. The zero-order valence-electron chi connectivity index (χ0n) is 12.6. The van der Waals surface area contributed by atoms with Crippen molar-refractivity contribution in [3.63, 3.8) is 0 Å². The normalized spacial score (nSPS) is 17.4. The molecule has 3 rings (SSSR count). The van der Waals surface area contributed by atoms with Gasteiger partial charge in [0.15, 0.2) is 0 Å². The summed E-state index contributed by atoms with van der Waals surface area (Å²) in [4.78, 5) is 12.1. The molecule has 3 nitrogen and oxygen atoms in total. The van der Waals surface area contributed by atoms with Crippen molar-refractivity contribution in [3.05, 3.63) is 40.4 Å². The molecule has 0 saturated heterocycles. The number of halogens is 1. The van der Waals surface area contributed by atoms with E-state index in [2.05, 4.69) is 15.9 Å². The van der Waals surface area contributed by atoms with E-state index in [0.717, 1.165) is 40.1 Å². The SMILES string of the molecule is COc1cc2ccc(Br)cc2cc1C1(C(=O)O)CCCCC1. The number of hydrogen-bond donors (Lipinski definition) is 1. The molecule has 2 aromatic rings. The molecular weight excluding hydrogens is 344 g/mol. The van der Waals surface area contributed by atoms with Crippen molar-refractivity contribution in [1.82, 2.24) is 0 Å². The second-order valence-electron chi connectivity index (χ2n) is 5.99. The zero-order chi connectivity index (χ0) is 15.7. The number of fused-ring (bicyclic) bond motifs is 1. The average molecular weight is 363 g/mol. The summed E-state index contributed by atoms with van der Waals surface area (Å²) in [5.41, 5.74) is -0.00657. The fourth-order valence-electron chi connectivity index (χ4n) is 3.54. The number of ether oxygens (including phenoxy) is 1. The highest BCUT2D eigenvalue weighted by molar-refractivity contribution is 9.10. The molecule has 2 aromatic carbocycles. The van der Waals surface area contributed by atoms with Gasteiger partial charge >= 0.3 is 5.97 Å². The van der Waals surface area contributed by atoms with Crippen LogP contribution in [0.4, 0.5) is 0 Å². The van der Waals surface area contributed by atoms with Crippen LogP contribution in [0.2, 0.25) is 0 Å². The minimum Gasteiger partial charge on any atom is -0.496 e. The van der Waals surface area contributed by atoms with Gasteiger partial charge < -0.3 is 9.84 Å². The summed E-state index contributed by atoms with van der Waals surface area (Å²) in [5.74, 6) is -0.0565. The van der Waals surface area contributed by atoms with Crippen molar-refractivity contribution in [2.75, 3.05) is 7.11 Å². The fraction of sp³-hybridized carbons (Fsp3) is 0.389. The number of hydrogen-bond acceptors (Lipinski definition) is 2. The average Bonchev–Trinajstić information content (AvgIpc) is 2.54. The monoisotopic (exact) mass is 362 g/mol. The van der Waals surface area contributed by atoms with Crippen LogP contribution in [-0.2, 0) is 10.2 Å². The Hall–Kier alpha value is -1.55. The van der Waals surface area contributed by atoms with E-state index < -0.39 is 11.4 Å². The maximum Gasteiger partial charge on any atom is 0.314 e. The molecule has 0 heterocycles. The molecule has 0 bridgehead atoms. The van der Waals surface area contributed by atoms with Crippen LogP contribution in [-0.4, -0.2) is 18.2 Å². The van der Waals surface area contributed by atoms with Crippen LogP contribution in [0, 0.1) is 0 Å². The van der Waals surface area contributed by atoms with E-state index in [-0.39, 0.29) is 0 Å². The summed E-state index contributed by atoms with van der Waals surface area (Å²) in [6.07, 6.45) is 4.37. The van der Waals surface area contributed by atoms with Gasteiger partial charge in [0.2, 0.25) is 0 Å². The summed E-state index contributed by atoms with van der Waals surface area (Å²) in [6, 6.07) is 9.97. The fourth-order valence-corrected chi connectivity index (χ4v) is 3.92. The van der Waals surface area contributed by atoms with E-state index in [1.807, 2.05) is 30.3 Å². The summed E-state index contributed by atoms with van der Waals surface area (Å²) < 4.78 is 6.53. The van der Waals surface area contributed by atoms with E-state index in [4.69, 9.17) is 4.74 Å². The van der Waals surface area contributed by atoms with Gasteiger partial charge in [-0.3, -0.25) is 4.79 Å². The quantitative estimate of drug-likeness (QED) is 0.844. The summed E-state index contributed by atoms with van der Waals surface area (Å²) in [7, 11) is 1.61. The van der Waals surface area contributed by atoms with Crippen LogP contribution >= 0.6 is 15.9 Å². The number of carboxylic acid groups (broad SMARTS) is 1. The van der Waals surface area contributed by atoms with Crippen LogP contribution in [0.15, 0.2) is 34.8 Å². The first-order valence-electron chi connectivity index (χ1n) is 7.58. The topological polar surface area (TPSA) is 46.5 Å². The predicted octanol–water partition coefficient (Wildman–Crippen LogP) is 4.90. The Morgan fingerprint density at radius 1 is 1.14 bits per heavy atom. The molecule has 0 aromatic heterocycles. The van der Waals surface area contributed by atoms with Gasteiger partial charge in [-0.1, -0.05) is 41.3 Å². The smallest absolute Gasteiger partial charge is 0.314 e. The van der Waals surface area contributed by atoms with E-state index in [0.29, 0.717) is 18.6 Å². The van der Waals surface area contributed by atoms with Crippen LogP contribution in [0.5, 0.6) is 5.75 Å². The lowest BCUT2D eigenvalue weighted by atomic mass is 9.69. The van der Waals surface area contributed by atoms with Gasteiger partial charge in [0.05, 0.1) is 12.5 Å². The Labute approximate surface area is 138 Å². The van der Waals surface area contributed by atoms with Gasteiger partial charge in [-0.15, -0.1) is 0 Å². The molecule has 0 spiro atoms. The van der Waals surface area contributed by atoms with Crippen molar-refractivity contribution in [3.8, 4) is 5.75 Å². The molecule has 1 fully saturated rings. The molecular formula is C18H19BrO3. The van der Waals surface area contributed by atoms with Crippen molar-refractivity contribution < 1.29 is 14.6 Å². The molecule has 0 radical (unpaired) electrons. The third-order valence-corrected chi connectivity index (χ3v) is 5.25. The van der Waals surface area contributed by atoms with Crippen molar-refractivity contribution >= 4 is 32.7 Å². The molecule has 0 atom stereocenters. The Morgan fingerprint density at radius 3 is 2.50 bits per heavy atom. The highest BCUT2D eigenvalue weighted by atomic mass is 79.9. The Morgan fingerprint density at radius 2 is 1.86 bits per heavy atom. The van der Waals surface area contributed by atoms with Gasteiger partial charge in [-0.2, -0.15) is 0 Å². The number of carboxylic acids is 1. The Balaban J connectivity index is 2.24. The van der Waals surface area contributed by atoms with E-state index in [9.17, 15) is 9.90 Å². The maximum atomic E-state index is 12.1. The van der Waals surface area contributed by atoms with Crippen molar-refractivity contribution in [1.29, 1.82) is 0 Å². The first-order chi connectivity index (χ1) is 10.6. The molecule has 1 N–H and O–H groups in total. The lowest BCUT2D eigenvalue weighted by molar-refractivity contribution is -0.145. The number of benzene rings is 2. The molecule has 1 aliphatic rings. The highest BCUT2D eigenvalue weighted by Crippen LogP contribution is 2.45. The summed E-state index contributed by atoms with van der Waals surface area (Å²) >= 11 is 3.48. The molecule has 22 heavy (non-hydrogen) atoms. The maximum absolute atomic E-state index is 12.1. The number of aliphatic carboxylic acids is 1. The largest absolute Gasteiger partial charge is 0.496 e. The number of rotatable bonds is 3. The van der Waals surface area contributed by atoms with E-state index in [1.165, 1.54) is 0 Å². The summed E-state index contributed by atoms with van der Waals surface area (Å²) in [6.45, 7) is 0. The Kier molecular flexibility index (Phi) is 4.13. The third-order valence-electron chi connectivity index (χ3n) is 4.75. The molecule has 116 valence electrons. The van der Waals surface area contributed by atoms with Crippen molar-refractivity contribution in [2.24, 2.45) is 0 Å². The lowest BCUT2D eigenvalue weighted by Gasteiger charge is -2.34. The third kappa shape index (κ3) is 2.50. The first kappa shape index (κ1) is 15.3. The Bertz CT molecular complexity index is 718. The van der Waals surface area contributed by atoms with Crippen LogP contribution in [0.1, 0.15) is 37.7 Å². The number of carbonyl (C=O) groups is 1. The lowest BCUT2D eigenvalue weighted by Crippen LogP contribution is -2.38. The summed E-state index contributed by atoms with van der Waals surface area (Å²) in [5, 5.41) is 12.0. The second-order valence-corrected chi connectivity index (χ2v) is 6.91. The molecule has 0 unspecified atom stereocenters. The molecule has 1 aliphatic carbocycles. The molecule has 0 amide bonds. The van der Waals surface area contributed by atoms with Gasteiger partial charge in [0.25, 0.3) is 0 Å². The van der Waals surface area contributed by atoms with Gasteiger partial charge in [-0.05, 0) is 47.9 Å². The number of methoxy groups -OCH3 is 1. The van der Waals surface area contributed by atoms with Crippen LogP contribution in [0.3, 0.4) is 0 Å². The van der Waals surface area contributed by atoms with Crippen molar-refractivity contribution in [2.45, 2.75) is 37.5 Å². The molecule has 0 aliphatic heterocycles. The standard InChI is InChI=1S/C18H19BrO3/c1-22-16-11-12-5-6-14(19)9-13(12)10-15(16)18(17(20)21)7-3-2-4-8-18/h5-6,9-11H,2-4,7-8H2,1H3,(H,20,21). The van der Waals surface area contributed by atoms with Gasteiger partial charge in [0.1, 0.15) is 5.75 Å². The van der Waals surface area contributed by atoms with Crippen LogP contribution < -0.4 is 4.74 Å². The van der Waals surface area contributed by atoms with E-state index in [1.54, 1.807) is 7.11 Å². The second kappa shape index (κ2) is 5.92. The molecule has 1 saturated carbocycles. The first-order valence-corrected chi connectivity index (χ1v) is 8.37. The molecule has 4 heteroatoms. The van der Waals surface area contributed by atoms with E-state index >= 15 is 0 Å². The van der Waals surface area contributed by atoms with Gasteiger partial charge in [0, 0.05) is 10.0 Å². The van der Waals surface area contributed by atoms with Gasteiger partial charge in [-0.25, -0.2) is 0 Å². The highest BCUT2D eigenvalue weighted by Gasteiger charge is 2.43. The zero-order valence-corrected chi connectivity index (χ0v) is 14.1.